The highest BCUT2D eigenvalue weighted by Crippen LogP contribution is 2.38. The molecule has 0 saturated heterocycles. The molecule has 0 spiro atoms. The molecular formula is C26H23N3O2. The van der Waals surface area contributed by atoms with Gasteiger partial charge in [-0.1, -0.05) is 54.1 Å². The number of imide groups is 1. The molecule has 2 aliphatic heterocycles. The van der Waals surface area contributed by atoms with Gasteiger partial charge in [0, 0.05) is 18.4 Å². The van der Waals surface area contributed by atoms with Gasteiger partial charge in [-0.15, -0.1) is 0 Å². The largest absolute Gasteiger partial charge is 0.336 e. The standard InChI is InChI=1S/C26H23N3O2/c1-18-11-13-20(14-12-18)23-24(28-16-6-8-19-7-2-3-10-22(19)28)26(31)29(25(23)30)17-21-9-4-5-15-27-21/h2-5,7,9-15H,6,8,16-17H2,1H3. The Hall–Kier alpha value is -3.73. The van der Waals surface area contributed by atoms with E-state index in [1.54, 1.807) is 6.20 Å². The molecule has 0 atom stereocenters. The van der Waals surface area contributed by atoms with Crippen molar-refractivity contribution in [3.63, 3.8) is 0 Å². The van der Waals surface area contributed by atoms with Crippen LogP contribution in [-0.2, 0) is 22.6 Å². The molecule has 0 saturated carbocycles. The lowest BCUT2D eigenvalue weighted by atomic mass is 9.98. The molecule has 0 fully saturated rings. The molecule has 0 bridgehead atoms. The lowest BCUT2D eigenvalue weighted by molar-refractivity contribution is -0.137. The van der Waals surface area contributed by atoms with Crippen LogP contribution < -0.4 is 4.90 Å². The van der Waals surface area contributed by atoms with E-state index in [2.05, 4.69) is 11.1 Å². The normalized spacial score (nSPS) is 16.2. The van der Waals surface area contributed by atoms with Crippen LogP contribution >= 0.6 is 0 Å². The summed E-state index contributed by atoms with van der Waals surface area (Å²) < 4.78 is 0. The molecule has 2 aliphatic rings. The van der Waals surface area contributed by atoms with Gasteiger partial charge < -0.3 is 4.90 Å². The van der Waals surface area contributed by atoms with E-state index in [0.29, 0.717) is 23.5 Å². The molecule has 3 heterocycles. The number of aromatic nitrogens is 1. The topological polar surface area (TPSA) is 53.5 Å². The third-order valence-corrected chi connectivity index (χ3v) is 5.91. The highest BCUT2D eigenvalue weighted by atomic mass is 16.2. The number of fused-ring (bicyclic) bond motifs is 1. The summed E-state index contributed by atoms with van der Waals surface area (Å²) in [6.07, 6.45) is 3.58. The zero-order valence-corrected chi connectivity index (χ0v) is 17.4. The van der Waals surface area contributed by atoms with Crippen molar-refractivity contribution >= 4 is 23.1 Å². The number of amides is 2. The first kappa shape index (κ1) is 19.2. The van der Waals surface area contributed by atoms with Crippen molar-refractivity contribution in [1.82, 2.24) is 9.88 Å². The van der Waals surface area contributed by atoms with Gasteiger partial charge in [-0.3, -0.25) is 19.5 Å². The van der Waals surface area contributed by atoms with Gasteiger partial charge in [0.15, 0.2) is 0 Å². The molecule has 0 N–H and O–H groups in total. The molecule has 5 rings (SSSR count). The number of rotatable bonds is 4. The molecular weight excluding hydrogens is 386 g/mol. The average molecular weight is 409 g/mol. The summed E-state index contributed by atoms with van der Waals surface area (Å²) in [5.41, 5.74) is 5.71. The first-order chi connectivity index (χ1) is 15.1. The van der Waals surface area contributed by atoms with E-state index in [1.807, 2.05) is 72.5 Å². The van der Waals surface area contributed by atoms with Gasteiger partial charge in [0.25, 0.3) is 11.8 Å². The number of para-hydroxylation sites is 1. The van der Waals surface area contributed by atoms with Gasteiger partial charge >= 0.3 is 0 Å². The molecule has 0 aliphatic carbocycles. The fraction of sp³-hybridized carbons (Fsp3) is 0.192. The Morgan fingerprint density at radius 3 is 2.45 bits per heavy atom. The minimum absolute atomic E-state index is 0.160. The molecule has 5 heteroatoms. The Morgan fingerprint density at radius 2 is 1.68 bits per heavy atom. The Morgan fingerprint density at radius 1 is 0.903 bits per heavy atom. The Labute approximate surface area is 181 Å². The summed E-state index contributed by atoms with van der Waals surface area (Å²) in [7, 11) is 0. The summed E-state index contributed by atoms with van der Waals surface area (Å²) >= 11 is 0. The average Bonchev–Trinajstić information content (AvgIpc) is 3.04. The summed E-state index contributed by atoms with van der Waals surface area (Å²) in [5.74, 6) is -0.527. The third kappa shape index (κ3) is 3.42. The first-order valence-electron chi connectivity index (χ1n) is 10.6. The maximum Gasteiger partial charge on any atom is 0.278 e. The van der Waals surface area contributed by atoms with Crippen molar-refractivity contribution in [1.29, 1.82) is 0 Å². The van der Waals surface area contributed by atoms with Gasteiger partial charge in [0.1, 0.15) is 5.70 Å². The van der Waals surface area contributed by atoms with E-state index < -0.39 is 0 Å². The Bertz CT molecular complexity index is 1180. The number of pyridine rings is 1. The van der Waals surface area contributed by atoms with Gasteiger partial charge in [-0.05, 0) is 49.1 Å². The number of carbonyl (C=O) groups excluding carboxylic acids is 2. The lowest BCUT2D eigenvalue weighted by Gasteiger charge is -2.32. The van der Waals surface area contributed by atoms with Crippen LogP contribution in [0.5, 0.6) is 0 Å². The van der Waals surface area contributed by atoms with E-state index in [4.69, 9.17) is 0 Å². The number of hydrogen-bond donors (Lipinski definition) is 0. The molecule has 5 nitrogen and oxygen atoms in total. The second-order valence-corrected chi connectivity index (χ2v) is 7.99. The second kappa shape index (κ2) is 7.84. The lowest BCUT2D eigenvalue weighted by Crippen LogP contribution is -2.37. The smallest absolute Gasteiger partial charge is 0.278 e. The minimum atomic E-state index is -0.266. The van der Waals surface area contributed by atoms with Crippen LogP contribution in [0.1, 0.15) is 28.8 Å². The van der Waals surface area contributed by atoms with E-state index in [1.165, 1.54) is 10.5 Å². The van der Waals surface area contributed by atoms with E-state index >= 15 is 0 Å². The number of anilines is 1. The first-order valence-corrected chi connectivity index (χ1v) is 10.6. The minimum Gasteiger partial charge on any atom is -0.336 e. The number of hydrogen-bond acceptors (Lipinski definition) is 4. The van der Waals surface area contributed by atoms with E-state index in [0.717, 1.165) is 29.7 Å². The van der Waals surface area contributed by atoms with E-state index in [9.17, 15) is 9.59 Å². The summed E-state index contributed by atoms with van der Waals surface area (Å²) in [6, 6.07) is 21.5. The quantitative estimate of drug-likeness (QED) is 0.608. The van der Waals surface area contributed by atoms with Gasteiger partial charge in [0.05, 0.1) is 17.8 Å². The van der Waals surface area contributed by atoms with Crippen LogP contribution in [0.3, 0.4) is 0 Å². The number of nitrogens with zero attached hydrogens (tertiary/aromatic N) is 3. The monoisotopic (exact) mass is 409 g/mol. The predicted molar refractivity (Wildman–Crippen MR) is 120 cm³/mol. The Kier molecular flexibility index (Phi) is 4.86. The van der Waals surface area contributed by atoms with Crippen LogP contribution in [0.2, 0.25) is 0 Å². The molecule has 0 unspecified atom stereocenters. The van der Waals surface area contributed by atoms with Crippen molar-refractivity contribution in [2.75, 3.05) is 11.4 Å². The van der Waals surface area contributed by atoms with Crippen LogP contribution in [0.15, 0.2) is 78.6 Å². The highest BCUT2D eigenvalue weighted by Gasteiger charge is 2.42. The zero-order valence-electron chi connectivity index (χ0n) is 17.4. The number of carbonyl (C=O) groups is 2. The molecule has 154 valence electrons. The van der Waals surface area contributed by atoms with Crippen LogP contribution in [0.25, 0.3) is 5.57 Å². The SMILES string of the molecule is Cc1ccc(C2=C(N3CCCc4ccccc43)C(=O)N(Cc3ccccn3)C2=O)cc1. The number of benzene rings is 2. The molecule has 1 aromatic heterocycles. The van der Waals surface area contributed by atoms with Crippen LogP contribution in [-0.4, -0.2) is 28.2 Å². The summed E-state index contributed by atoms with van der Waals surface area (Å²) in [5, 5.41) is 0. The van der Waals surface area contributed by atoms with Crippen LogP contribution in [0, 0.1) is 6.92 Å². The molecule has 3 aromatic rings. The fourth-order valence-electron chi connectivity index (χ4n) is 4.36. The summed E-state index contributed by atoms with van der Waals surface area (Å²) in [4.78, 5) is 34.9. The van der Waals surface area contributed by atoms with Crippen molar-refractivity contribution in [2.45, 2.75) is 26.3 Å². The molecule has 31 heavy (non-hydrogen) atoms. The maximum atomic E-state index is 13.7. The fourth-order valence-corrected chi connectivity index (χ4v) is 4.36. The Balaban J connectivity index is 1.63. The van der Waals surface area contributed by atoms with Gasteiger partial charge in [0.2, 0.25) is 0 Å². The van der Waals surface area contributed by atoms with E-state index in [-0.39, 0.29) is 18.4 Å². The van der Waals surface area contributed by atoms with Crippen molar-refractivity contribution in [2.24, 2.45) is 0 Å². The van der Waals surface area contributed by atoms with Gasteiger partial charge in [-0.2, -0.15) is 0 Å². The predicted octanol–water partition coefficient (Wildman–Crippen LogP) is 4.12. The second-order valence-electron chi connectivity index (χ2n) is 7.99. The number of aryl methyl sites for hydroxylation is 2. The molecule has 2 amide bonds. The van der Waals surface area contributed by atoms with Crippen molar-refractivity contribution in [3.8, 4) is 0 Å². The van der Waals surface area contributed by atoms with Gasteiger partial charge in [-0.25, -0.2) is 0 Å². The summed E-state index contributed by atoms with van der Waals surface area (Å²) in [6.45, 7) is 2.87. The zero-order chi connectivity index (χ0) is 21.4. The van der Waals surface area contributed by atoms with Crippen LogP contribution in [0.4, 0.5) is 5.69 Å². The maximum absolute atomic E-state index is 13.7. The highest BCUT2D eigenvalue weighted by molar-refractivity contribution is 6.36. The third-order valence-electron chi connectivity index (χ3n) is 5.91. The molecule has 0 radical (unpaired) electrons. The molecule has 2 aromatic carbocycles. The van der Waals surface area contributed by atoms with Crippen molar-refractivity contribution in [3.05, 3.63) is 101 Å². The van der Waals surface area contributed by atoms with Crippen molar-refractivity contribution < 1.29 is 9.59 Å².